The van der Waals surface area contributed by atoms with Gasteiger partial charge in [0.15, 0.2) is 0 Å². The van der Waals surface area contributed by atoms with E-state index in [4.69, 9.17) is 0 Å². The lowest BCUT2D eigenvalue weighted by Gasteiger charge is -2.09. The van der Waals surface area contributed by atoms with E-state index in [1.807, 2.05) is 13.8 Å². The Labute approximate surface area is 84.6 Å². The van der Waals surface area contributed by atoms with Crippen LogP contribution in [0.15, 0.2) is 18.2 Å². The third-order valence-electron chi connectivity index (χ3n) is 2.52. The SMILES string of the molecule is CCC(O)CCc1ccc(F)cc1C. The first-order chi connectivity index (χ1) is 6.63. The lowest BCUT2D eigenvalue weighted by Crippen LogP contribution is -2.06. The van der Waals surface area contributed by atoms with Gasteiger partial charge in [-0.3, -0.25) is 0 Å². The molecule has 0 radical (unpaired) electrons. The van der Waals surface area contributed by atoms with E-state index in [0.29, 0.717) is 0 Å². The van der Waals surface area contributed by atoms with Gasteiger partial charge in [-0.1, -0.05) is 13.0 Å². The molecule has 1 nitrogen and oxygen atoms in total. The number of hydrogen-bond acceptors (Lipinski definition) is 1. The van der Waals surface area contributed by atoms with Crippen molar-refractivity contribution in [2.75, 3.05) is 0 Å². The Kier molecular flexibility index (Phi) is 4.08. The molecule has 0 heterocycles. The van der Waals surface area contributed by atoms with Crippen molar-refractivity contribution in [3.05, 3.63) is 35.1 Å². The van der Waals surface area contributed by atoms with Gasteiger partial charge in [0, 0.05) is 0 Å². The number of halogens is 1. The van der Waals surface area contributed by atoms with Crippen LogP contribution in [0.25, 0.3) is 0 Å². The van der Waals surface area contributed by atoms with Crippen molar-refractivity contribution in [2.24, 2.45) is 0 Å². The van der Waals surface area contributed by atoms with E-state index < -0.39 is 0 Å². The van der Waals surface area contributed by atoms with Gasteiger partial charge in [-0.25, -0.2) is 4.39 Å². The summed E-state index contributed by atoms with van der Waals surface area (Å²) in [5.74, 6) is -0.192. The van der Waals surface area contributed by atoms with Gasteiger partial charge < -0.3 is 5.11 Å². The minimum absolute atomic E-state index is 0.192. The average Bonchev–Trinajstić information content (AvgIpc) is 2.16. The minimum atomic E-state index is -0.237. The smallest absolute Gasteiger partial charge is 0.123 e. The van der Waals surface area contributed by atoms with Crippen molar-refractivity contribution in [2.45, 2.75) is 39.2 Å². The fourth-order valence-electron chi connectivity index (χ4n) is 1.47. The maximum atomic E-state index is 12.8. The first kappa shape index (κ1) is 11.2. The zero-order valence-corrected chi connectivity index (χ0v) is 8.76. The molecule has 1 N–H and O–H groups in total. The van der Waals surface area contributed by atoms with Crippen LogP contribution in [0.3, 0.4) is 0 Å². The molecule has 14 heavy (non-hydrogen) atoms. The van der Waals surface area contributed by atoms with Gasteiger partial charge in [0.05, 0.1) is 6.10 Å². The first-order valence-electron chi connectivity index (χ1n) is 5.06. The highest BCUT2D eigenvalue weighted by Crippen LogP contribution is 2.13. The summed E-state index contributed by atoms with van der Waals surface area (Å²) in [7, 11) is 0. The zero-order chi connectivity index (χ0) is 10.6. The summed E-state index contributed by atoms with van der Waals surface area (Å²) in [6.45, 7) is 3.86. The van der Waals surface area contributed by atoms with E-state index in [0.717, 1.165) is 30.4 Å². The molecule has 0 bridgehead atoms. The predicted molar refractivity (Wildman–Crippen MR) is 55.8 cm³/mol. The topological polar surface area (TPSA) is 20.2 Å². The molecule has 1 atom stereocenters. The van der Waals surface area contributed by atoms with Gasteiger partial charge in [0.1, 0.15) is 5.82 Å². The largest absolute Gasteiger partial charge is 0.393 e. The summed E-state index contributed by atoms with van der Waals surface area (Å²) >= 11 is 0. The fraction of sp³-hybridized carbons (Fsp3) is 0.500. The second-order valence-corrected chi connectivity index (χ2v) is 3.67. The Morgan fingerprint density at radius 1 is 1.43 bits per heavy atom. The monoisotopic (exact) mass is 196 g/mol. The average molecular weight is 196 g/mol. The molecule has 0 saturated heterocycles. The maximum absolute atomic E-state index is 12.8. The summed E-state index contributed by atoms with van der Waals surface area (Å²) in [6, 6.07) is 4.81. The van der Waals surface area contributed by atoms with Crippen LogP contribution in [0, 0.1) is 12.7 Å². The van der Waals surface area contributed by atoms with Crippen LogP contribution < -0.4 is 0 Å². The Morgan fingerprint density at radius 3 is 2.71 bits per heavy atom. The third-order valence-corrected chi connectivity index (χ3v) is 2.52. The van der Waals surface area contributed by atoms with Crippen molar-refractivity contribution >= 4 is 0 Å². The molecule has 0 aliphatic heterocycles. The predicted octanol–water partition coefficient (Wildman–Crippen LogP) is 2.84. The van der Waals surface area contributed by atoms with Crippen molar-refractivity contribution in [3.8, 4) is 0 Å². The molecule has 1 aromatic carbocycles. The molecule has 78 valence electrons. The first-order valence-corrected chi connectivity index (χ1v) is 5.06. The van der Waals surface area contributed by atoms with E-state index in [-0.39, 0.29) is 11.9 Å². The molecule has 2 heteroatoms. The van der Waals surface area contributed by atoms with E-state index in [1.165, 1.54) is 12.1 Å². The van der Waals surface area contributed by atoms with Gasteiger partial charge in [-0.2, -0.15) is 0 Å². The summed E-state index contributed by atoms with van der Waals surface area (Å²) in [5.41, 5.74) is 2.09. The van der Waals surface area contributed by atoms with Crippen LogP contribution in [0.5, 0.6) is 0 Å². The molecule has 0 spiro atoms. The highest BCUT2D eigenvalue weighted by atomic mass is 19.1. The van der Waals surface area contributed by atoms with Crippen LogP contribution in [0.4, 0.5) is 4.39 Å². The highest BCUT2D eigenvalue weighted by molar-refractivity contribution is 5.26. The second-order valence-electron chi connectivity index (χ2n) is 3.67. The summed E-state index contributed by atoms with van der Waals surface area (Å²) < 4.78 is 12.8. The molecule has 0 aliphatic rings. The second kappa shape index (κ2) is 5.11. The molecule has 1 aromatic rings. The van der Waals surface area contributed by atoms with Crippen molar-refractivity contribution in [1.29, 1.82) is 0 Å². The standard InChI is InChI=1S/C12H17FO/c1-3-12(14)7-5-10-4-6-11(13)8-9(10)2/h4,6,8,12,14H,3,5,7H2,1-2H3. The molecule has 0 fully saturated rings. The number of aliphatic hydroxyl groups excluding tert-OH is 1. The summed E-state index contributed by atoms with van der Waals surface area (Å²) in [4.78, 5) is 0. The Bertz CT molecular complexity index is 296. The normalized spacial score (nSPS) is 12.9. The zero-order valence-electron chi connectivity index (χ0n) is 8.76. The fourth-order valence-corrected chi connectivity index (χ4v) is 1.47. The van der Waals surface area contributed by atoms with Gasteiger partial charge in [-0.05, 0) is 49.4 Å². The molecular weight excluding hydrogens is 179 g/mol. The molecule has 1 rings (SSSR count). The number of rotatable bonds is 4. The summed E-state index contributed by atoms with van der Waals surface area (Å²) in [5, 5.41) is 9.39. The van der Waals surface area contributed by atoms with Crippen LogP contribution in [-0.2, 0) is 6.42 Å². The van der Waals surface area contributed by atoms with Crippen LogP contribution in [0.2, 0.25) is 0 Å². The number of hydrogen-bond donors (Lipinski definition) is 1. The van der Waals surface area contributed by atoms with Crippen LogP contribution in [0.1, 0.15) is 30.9 Å². The lowest BCUT2D eigenvalue weighted by molar-refractivity contribution is 0.160. The van der Waals surface area contributed by atoms with E-state index in [1.54, 1.807) is 6.07 Å². The number of benzene rings is 1. The van der Waals surface area contributed by atoms with Crippen molar-refractivity contribution in [3.63, 3.8) is 0 Å². The molecule has 0 aliphatic carbocycles. The lowest BCUT2D eigenvalue weighted by atomic mass is 10.0. The molecular formula is C12H17FO. The van der Waals surface area contributed by atoms with Crippen LogP contribution >= 0.6 is 0 Å². The number of aryl methyl sites for hydroxylation is 2. The number of aliphatic hydroxyl groups is 1. The maximum Gasteiger partial charge on any atom is 0.123 e. The summed E-state index contributed by atoms with van der Waals surface area (Å²) in [6.07, 6.45) is 2.11. The van der Waals surface area contributed by atoms with E-state index in [2.05, 4.69) is 0 Å². The molecule has 0 saturated carbocycles. The Morgan fingerprint density at radius 2 is 2.14 bits per heavy atom. The van der Waals surface area contributed by atoms with Crippen molar-refractivity contribution < 1.29 is 9.50 Å². The van der Waals surface area contributed by atoms with Crippen LogP contribution in [-0.4, -0.2) is 11.2 Å². The van der Waals surface area contributed by atoms with E-state index >= 15 is 0 Å². The van der Waals surface area contributed by atoms with Gasteiger partial charge in [-0.15, -0.1) is 0 Å². The van der Waals surface area contributed by atoms with E-state index in [9.17, 15) is 9.50 Å². The third kappa shape index (κ3) is 3.11. The van der Waals surface area contributed by atoms with Crippen molar-refractivity contribution in [1.82, 2.24) is 0 Å². The molecule has 0 amide bonds. The highest BCUT2D eigenvalue weighted by Gasteiger charge is 2.04. The van der Waals surface area contributed by atoms with Gasteiger partial charge in [0.25, 0.3) is 0 Å². The quantitative estimate of drug-likeness (QED) is 0.785. The molecule has 0 aromatic heterocycles. The molecule has 1 unspecified atom stereocenters. The Hall–Kier alpha value is -0.890. The minimum Gasteiger partial charge on any atom is -0.393 e. The Balaban J connectivity index is 2.59. The van der Waals surface area contributed by atoms with Gasteiger partial charge in [0.2, 0.25) is 0 Å². The van der Waals surface area contributed by atoms with Gasteiger partial charge >= 0.3 is 0 Å².